The third-order valence-electron chi connectivity index (χ3n) is 0.175. The first-order valence-electron chi connectivity index (χ1n) is 1.71. The van der Waals surface area contributed by atoms with E-state index in [1.165, 1.54) is 0 Å². The Hall–Kier alpha value is 0.626. The standard InChI is InChI=1S/CO2.2H2O.3O.2Zr/c2-1-3;;;;;;;/h;2*1H2;;;;;/q;;;;;;2*+1. The van der Waals surface area contributed by atoms with Gasteiger partial charge in [-0.3, -0.25) is 0 Å². The van der Waals surface area contributed by atoms with Gasteiger partial charge < -0.3 is 0 Å². The molecule has 0 spiro atoms. The van der Waals surface area contributed by atoms with Crippen LogP contribution in [-0.4, -0.2) is 22.1 Å². The summed E-state index contributed by atoms with van der Waals surface area (Å²) in [7, 11) is 0. The average Bonchev–Trinajstić information content (AvgIpc) is 1.62. The summed E-state index contributed by atoms with van der Waals surface area (Å²) in [6.07, 6.45) is 0.750. The van der Waals surface area contributed by atoms with Crippen LogP contribution in [0.15, 0.2) is 0 Å². The zero-order chi connectivity index (χ0) is 8.57. The van der Waals surface area contributed by atoms with Gasteiger partial charge in [0.2, 0.25) is 0 Å². The topological polar surface area (TPSA) is 127 Å². The fourth-order valence-corrected chi connectivity index (χ4v) is 2.61. The van der Waals surface area contributed by atoms with Crippen molar-refractivity contribution in [3.05, 3.63) is 0 Å². The molecule has 7 nitrogen and oxygen atoms in total. The van der Waals surface area contributed by atoms with Crippen molar-refractivity contribution in [3.63, 3.8) is 0 Å². The fraction of sp³-hybridized carbons (Fsp3) is 0. The fourth-order valence-electron chi connectivity index (χ4n) is 0.0747. The van der Waals surface area contributed by atoms with E-state index < -0.39 is 45.3 Å². The SMILES string of the molecule is [OH+]=C=[OH+].[O]=[Zr]([OH])[O][Zr](=[O])[OH]. The van der Waals surface area contributed by atoms with Crippen LogP contribution in [-0.2, 0) is 51.8 Å². The number of hydrogen-bond acceptors (Lipinski definition) is 3. The second-order valence-electron chi connectivity index (χ2n) is 0.734. The second kappa shape index (κ2) is 9.63. The van der Waals surface area contributed by atoms with E-state index in [4.69, 9.17) is 16.0 Å². The molecule has 9 heteroatoms. The number of rotatable bonds is 2. The Labute approximate surface area is 73.3 Å². The van der Waals surface area contributed by atoms with Crippen LogP contribution in [0.5, 0.6) is 0 Å². The third kappa shape index (κ3) is 23.4. The van der Waals surface area contributed by atoms with Gasteiger partial charge in [-0.15, -0.1) is 9.59 Å². The summed E-state index contributed by atoms with van der Waals surface area (Å²) in [5.74, 6) is 0. The predicted molar refractivity (Wildman–Crippen MR) is 15.8 cm³/mol. The quantitative estimate of drug-likeness (QED) is 0.567. The van der Waals surface area contributed by atoms with E-state index >= 15 is 0 Å². The second-order valence-corrected chi connectivity index (χ2v) is 6.82. The summed E-state index contributed by atoms with van der Waals surface area (Å²) in [5, 5.41) is 0. The maximum atomic E-state index is 9.56. The predicted octanol–water partition coefficient (Wildman–Crippen LogP) is -2.06. The molecule has 10 heavy (non-hydrogen) atoms. The molecule has 0 aliphatic heterocycles. The van der Waals surface area contributed by atoms with Gasteiger partial charge >= 0.3 is 64.3 Å². The molecule has 0 fully saturated rings. The van der Waals surface area contributed by atoms with E-state index in [9.17, 15) is 5.63 Å². The summed E-state index contributed by atoms with van der Waals surface area (Å²) in [6.45, 7) is 0. The molecule has 0 aromatic heterocycles. The molecule has 0 radical (unpaired) electrons. The van der Waals surface area contributed by atoms with Crippen molar-refractivity contribution in [2.24, 2.45) is 0 Å². The molecular weight excluding hydrogens is 306 g/mol. The Morgan fingerprint density at radius 1 is 1.20 bits per heavy atom. The van der Waals surface area contributed by atoms with E-state index in [-0.39, 0.29) is 0 Å². The monoisotopic (exact) mass is 308 g/mol. The van der Waals surface area contributed by atoms with Gasteiger partial charge in [-0.1, -0.05) is 0 Å². The van der Waals surface area contributed by atoms with E-state index in [0.717, 1.165) is 6.15 Å². The molecule has 0 unspecified atom stereocenters. The Balaban J connectivity index is 0. The van der Waals surface area contributed by atoms with Crippen molar-refractivity contribution in [3.8, 4) is 0 Å². The minimum atomic E-state index is -3.91. The molecule has 0 rings (SSSR count). The molecule has 0 atom stereocenters. The number of hydrogen-bond donors (Lipinski definition) is 2. The van der Waals surface area contributed by atoms with Crippen LogP contribution in [0, 0.1) is 0 Å². The molecule has 0 heterocycles. The van der Waals surface area contributed by atoms with Crippen LogP contribution in [0.3, 0.4) is 0 Å². The van der Waals surface area contributed by atoms with Gasteiger partial charge in [0.25, 0.3) is 0 Å². The van der Waals surface area contributed by atoms with Crippen LogP contribution in [0.4, 0.5) is 0 Å². The van der Waals surface area contributed by atoms with Crippen LogP contribution in [0.25, 0.3) is 0 Å². The van der Waals surface area contributed by atoms with Gasteiger partial charge in [0, 0.05) is 0 Å². The van der Waals surface area contributed by atoms with Gasteiger partial charge in [-0.2, -0.15) is 0 Å². The Bertz CT molecular complexity index is 143. The van der Waals surface area contributed by atoms with Crippen molar-refractivity contribution in [1.82, 2.24) is 0 Å². The van der Waals surface area contributed by atoms with Gasteiger partial charge in [0.15, 0.2) is 0 Å². The zero-order valence-electron chi connectivity index (χ0n) is 4.51. The van der Waals surface area contributed by atoms with E-state index in [0.29, 0.717) is 0 Å². The van der Waals surface area contributed by atoms with Crippen LogP contribution in [0.2, 0.25) is 0 Å². The summed E-state index contributed by atoms with van der Waals surface area (Å²) in [4.78, 5) is 13.8. The van der Waals surface area contributed by atoms with Crippen molar-refractivity contribution in [1.29, 1.82) is 0 Å². The molecule has 0 aromatic carbocycles. The molecule has 0 saturated heterocycles. The third-order valence-corrected chi connectivity index (χ3v) is 6.11. The van der Waals surface area contributed by atoms with Crippen LogP contribution < -0.4 is 0 Å². The Morgan fingerprint density at radius 3 is 1.40 bits per heavy atom. The molecular formula is CH4O7Zr2+2. The van der Waals surface area contributed by atoms with Gasteiger partial charge in [0.1, 0.15) is 0 Å². The van der Waals surface area contributed by atoms with Crippen molar-refractivity contribution in [2.45, 2.75) is 0 Å². The van der Waals surface area contributed by atoms with Gasteiger partial charge in [0.05, 0.1) is 0 Å². The van der Waals surface area contributed by atoms with Gasteiger partial charge in [-0.25, -0.2) is 0 Å². The van der Waals surface area contributed by atoms with E-state index in [2.05, 4.69) is 0.889 Å². The molecule has 4 N–H and O–H groups in total. The normalized spacial score (nSPS) is 6.60. The number of carbonyl (C=O) groups excluding carboxylic acids is 2. The maximum absolute atomic E-state index is 9.56. The van der Waals surface area contributed by atoms with Crippen LogP contribution in [0.1, 0.15) is 0 Å². The molecule has 0 aliphatic rings. The summed E-state index contributed by atoms with van der Waals surface area (Å²) in [6, 6.07) is 0. The zero-order valence-corrected chi connectivity index (χ0v) is 9.43. The first kappa shape index (κ1) is 13.2. The molecule has 0 saturated carbocycles. The van der Waals surface area contributed by atoms with Crippen LogP contribution >= 0.6 is 0 Å². The first-order chi connectivity index (χ1) is 4.54. The first-order valence-corrected chi connectivity index (χ1v) is 7.92. The summed E-state index contributed by atoms with van der Waals surface area (Å²) >= 11 is -7.82. The molecule has 0 bridgehead atoms. The molecule has 0 amide bonds. The minimum absolute atomic E-state index is 0.750. The summed E-state index contributed by atoms with van der Waals surface area (Å²) < 4.78 is 38.4. The summed E-state index contributed by atoms with van der Waals surface area (Å²) in [5.41, 5.74) is 0. The van der Waals surface area contributed by atoms with E-state index in [1.54, 1.807) is 0 Å². The molecule has 0 aromatic rings. The van der Waals surface area contributed by atoms with Crippen molar-refractivity contribution in [2.75, 3.05) is 0 Å². The molecule has 0 aliphatic carbocycles. The average molecular weight is 310 g/mol. The van der Waals surface area contributed by atoms with Crippen molar-refractivity contribution >= 4 is 6.15 Å². The van der Waals surface area contributed by atoms with Gasteiger partial charge in [-0.05, 0) is 0 Å². The molecule has 56 valence electrons. The van der Waals surface area contributed by atoms with E-state index in [1.807, 2.05) is 0 Å². The van der Waals surface area contributed by atoms with Crippen molar-refractivity contribution < 1.29 is 67.7 Å². The Morgan fingerprint density at radius 2 is 1.40 bits per heavy atom. The Kier molecular flexibility index (Phi) is 12.7.